The summed E-state index contributed by atoms with van der Waals surface area (Å²) in [4.78, 5) is 10.1. The van der Waals surface area contributed by atoms with E-state index in [2.05, 4.69) is 0 Å². The monoisotopic (exact) mass is 123 g/mol. The lowest BCUT2D eigenvalue weighted by molar-refractivity contribution is 0.112. The Hall–Kier alpha value is -1.31. The van der Waals surface area contributed by atoms with Crippen molar-refractivity contribution in [2.45, 2.75) is 0 Å². The maximum absolute atomic E-state index is 10.1. The molecule has 1 aromatic rings. The number of para-hydroxylation sites is 1. The molecule has 0 aliphatic rings. The van der Waals surface area contributed by atoms with Gasteiger partial charge in [0, 0.05) is 0 Å². The van der Waals surface area contributed by atoms with E-state index < -0.39 is 0 Å². The molecule has 1 N–H and O–H groups in total. The molecule has 1 rings (SSSR count). The Morgan fingerprint density at radius 3 is 2.44 bits per heavy atom. The van der Waals surface area contributed by atoms with E-state index in [1.165, 1.54) is 6.07 Å². The highest BCUT2D eigenvalue weighted by Crippen LogP contribution is 2.11. The van der Waals surface area contributed by atoms with Crippen LogP contribution in [0.15, 0.2) is 24.3 Å². The molecule has 0 aromatic heterocycles. The first-order valence-electron chi connectivity index (χ1n) is 2.58. The van der Waals surface area contributed by atoms with Crippen LogP contribution in [0.5, 0.6) is 5.75 Å². The minimum Gasteiger partial charge on any atom is -0.507 e. The molecule has 0 heterocycles. The molecule has 0 atom stereocenters. The van der Waals surface area contributed by atoms with Crippen molar-refractivity contribution in [2.75, 3.05) is 0 Å². The summed E-state index contributed by atoms with van der Waals surface area (Å²) in [5.74, 6) is 0.0347. The van der Waals surface area contributed by atoms with Crippen LogP contribution in [0.3, 0.4) is 0 Å². The topological polar surface area (TPSA) is 37.3 Å². The minimum atomic E-state index is 0.0347. The van der Waals surface area contributed by atoms with Gasteiger partial charge in [-0.25, -0.2) is 0 Å². The van der Waals surface area contributed by atoms with Gasteiger partial charge in [-0.3, -0.25) is 4.79 Å². The molecule has 0 amide bonds. The van der Waals surface area contributed by atoms with E-state index in [-0.39, 0.29) is 5.75 Å². The molecular weight excluding hydrogens is 117 g/mol. The Morgan fingerprint density at radius 1 is 1.33 bits per heavy atom. The highest BCUT2D eigenvalue weighted by Gasteiger charge is 1.93. The van der Waals surface area contributed by atoms with Crippen molar-refractivity contribution in [2.24, 2.45) is 0 Å². The van der Waals surface area contributed by atoms with Crippen molar-refractivity contribution in [3.63, 3.8) is 0 Å². The van der Waals surface area contributed by atoms with E-state index in [1.807, 2.05) is 0 Å². The van der Waals surface area contributed by atoms with Crippen molar-refractivity contribution in [3.05, 3.63) is 29.8 Å². The Balaban J connectivity index is 3.15. The summed E-state index contributed by atoms with van der Waals surface area (Å²) >= 11 is 0. The zero-order valence-electron chi connectivity index (χ0n) is 4.74. The van der Waals surface area contributed by atoms with Gasteiger partial charge < -0.3 is 5.11 Å². The van der Waals surface area contributed by atoms with E-state index in [0.717, 1.165) is 0 Å². The lowest BCUT2D eigenvalue weighted by atomic mass is 10.3. The van der Waals surface area contributed by atoms with Gasteiger partial charge in [0.1, 0.15) is 5.75 Å². The van der Waals surface area contributed by atoms with Crippen molar-refractivity contribution in [1.29, 1.82) is 0 Å². The summed E-state index contributed by atoms with van der Waals surface area (Å²) in [6.07, 6.45) is 0.620. The van der Waals surface area contributed by atoms with E-state index >= 15 is 0 Å². The molecule has 0 radical (unpaired) electrons. The van der Waals surface area contributed by atoms with E-state index in [1.54, 1.807) is 18.2 Å². The standard InChI is InChI=1S/C7H6O2/c8-5-6-3-1-2-4-7(6)9/h1-5,9H/i5+1. The zero-order valence-corrected chi connectivity index (χ0v) is 4.74. The third-order valence-electron chi connectivity index (χ3n) is 1.06. The molecule has 0 aliphatic carbocycles. The quantitative estimate of drug-likeness (QED) is 0.450. The summed E-state index contributed by atoms with van der Waals surface area (Å²) in [6, 6.07) is 6.40. The average molecular weight is 123 g/mol. The van der Waals surface area contributed by atoms with Crippen LogP contribution in [-0.4, -0.2) is 11.4 Å². The van der Waals surface area contributed by atoms with Crippen LogP contribution in [0.2, 0.25) is 0 Å². The normalized spacial score (nSPS) is 8.89. The number of phenols is 1. The van der Waals surface area contributed by atoms with Crippen LogP contribution in [0.1, 0.15) is 10.4 Å². The van der Waals surface area contributed by atoms with Crippen LogP contribution >= 0.6 is 0 Å². The lowest BCUT2D eigenvalue weighted by Crippen LogP contribution is -1.77. The summed E-state index contributed by atoms with van der Waals surface area (Å²) in [5.41, 5.74) is 0.331. The molecule has 46 valence electrons. The molecule has 9 heavy (non-hydrogen) atoms. The largest absolute Gasteiger partial charge is 0.507 e. The van der Waals surface area contributed by atoms with Gasteiger partial charge >= 0.3 is 0 Å². The number of aldehydes is 1. The number of aromatic hydroxyl groups is 1. The Labute approximate surface area is 52.8 Å². The molecule has 0 saturated heterocycles. The number of carbonyl (C=O) groups excluding carboxylic acids is 1. The smallest absolute Gasteiger partial charge is 0.153 e. The maximum Gasteiger partial charge on any atom is 0.153 e. The molecule has 1 aromatic carbocycles. The fraction of sp³-hybridized carbons (Fsp3) is 0. The Bertz CT molecular complexity index is 218. The zero-order chi connectivity index (χ0) is 6.69. The molecule has 0 saturated carbocycles. The van der Waals surface area contributed by atoms with Gasteiger partial charge in [0.25, 0.3) is 0 Å². The third kappa shape index (κ3) is 1.08. The molecule has 0 aliphatic heterocycles. The second-order valence-electron chi connectivity index (χ2n) is 1.68. The minimum absolute atomic E-state index is 0.0347. The third-order valence-corrected chi connectivity index (χ3v) is 1.06. The van der Waals surface area contributed by atoms with Crippen LogP contribution in [0, 0.1) is 0 Å². The first-order valence-corrected chi connectivity index (χ1v) is 2.58. The number of hydrogen-bond donors (Lipinski definition) is 1. The van der Waals surface area contributed by atoms with Gasteiger partial charge in [-0.15, -0.1) is 0 Å². The number of benzene rings is 1. The van der Waals surface area contributed by atoms with Crippen molar-refractivity contribution < 1.29 is 9.90 Å². The van der Waals surface area contributed by atoms with E-state index in [4.69, 9.17) is 5.11 Å². The number of rotatable bonds is 1. The predicted molar refractivity (Wildman–Crippen MR) is 33.5 cm³/mol. The lowest BCUT2D eigenvalue weighted by Gasteiger charge is -1.91. The van der Waals surface area contributed by atoms with Crippen molar-refractivity contribution in [1.82, 2.24) is 0 Å². The summed E-state index contributed by atoms with van der Waals surface area (Å²) in [6.45, 7) is 0. The summed E-state index contributed by atoms with van der Waals surface area (Å²) in [7, 11) is 0. The second-order valence-corrected chi connectivity index (χ2v) is 1.68. The van der Waals surface area contributed by atoms with Crippen molar-refractivity contribution in [3.8, 4) is 5.75 Å². The maximum atomic E-state index is 10.1. The molecule has 0 bridgehead atoms. The second kappa shape index (κ2) is 2.31. The van der Waals surface area contributed by atoms with Gasteiger partial charge in [-0.1, -0.05) is 12.1 Å². The average Bonchev–Trinajstić information content (AvgIpc) is 1.89. The van der Waals surface area contributed by atoms with Crippen molar-refractivity contribution >= 4 is 6.29 Å². The molecule has 0 fully saturated rings. The number of hydrogen-bond acceptors (Lipinski definition) is 2. The van der Waals surface area contributed by atoms with Crippen LogP contribution in [0.25, 0.3) is 0 Å². The molecule has 0 spiro atoms. The Kier molecular flexibility index (Phi) is 1.49. The highest BCUT2D eigenvalue weighted by atomic mass is 16.3. The van der Waals surface area contributed by atoms with Crippen LogP contribution < -0.4 is 0 Å². The molecule has 0 unspecified atom stereocenters. The summed E-state index contributed by atoms with van der Waals surface area (Å²) < 4.78 is 0. The fourth-order valence-electron chi connectivity index (χ4n) is 0.587. The highest BCUT2D eigenvalue weighted by molar-refractivity contribution is 5.78. The first kappa shape index (κ1) is 5.82. The summed E-state index contributed by atoms with van der Waals surface area (Å²) in [5, 5.41) is 8.88. The fourth-order valence-corrected chi connectivity index (χ4v) is 0.587. The van der Waals surface area contributed by atoms with Gasteiger partial charge in [0.15, 0.2) is 6.29 Å². The molecular formula is C7H6O2. The molecule has 2 nitrogen and oxygen atoms in total. The van der Waals surface area contributed by atoms with E-state index in [0.29, 0.717) is 11.8 Å². The predicted octanol–water partition coefficient (Wildman–Crippen LogP) is 1.20. The van der Waals surface area contributed by atoms with Crippen LogP contribution in [-0.2, 0) is 0 Å². The number of phenolic OH excluding ortho intramolecular Hbond substituents is 1. The first-order chi connectivity index (χ1) is 4.34. The Morgan fingerprint density at radius 2 is 2.00 bits per heavy atom. The number of carbonyl (C=O) groups is 1. The van der Waals surface area contributed by atoms with Gasteiger partial charge in [0.05, 0.1) is 5.56 Å². The van der Waals surface area contributed by atoms with Gasteiger partial charge in [-0.05, 0) is 12.1 Å². The van der Waals surface area contributed by atoms with Crippen LogP contribution in [0.4, 0.5) is 0 Å². The SMILES string of the molecule is O=[13CH]c1ccccc1O. The molecule has 2 heteroatoms. The van der Waals surface area contributed by atoms with E-state index in [9.17, 15) is 4.79 Å². The van der Waals surface area contributed by atoms with Gasteiger partial charge in [-0.2, -0.15) is 0 Å². The van der Waals surface area contributed by atoms with Gasteiger partial charge in [0.2, 0.25) is 0 Å².